The Kier molecular flexibility index (Phi) is 6.50. The van der Waals surface area contributed by atoms with E-state index in [9.17, 15) is 8.42 Å². The molecule has 0 saturated heterocycles. The minimum atomic E-state index is -3.55. The summed E-state index contributed by atoms with van der Waals surface area (Å²) >= 11 is 6.02. The third-order valence-corrected chi connectivity index (χ3v) is 6.18. The monoisotopic (exact) mass is 332 g/mol. The van der Waals surface area contributed by atoms with Gasteiger partial charge in [0.15, 0.2) is 0 Å². The van der Waals surface area contributed by atoms with Gasteiger partial charge in [-0.15, -0.1) is 0 Å². The summed E-state index contributed by atoms with van der Waals surface area (Å²) in [7, 11) is -3.55. The zero-order valence-corrected chi connectivity index (χ0v) is 14.8. The van der Waals surface area contributed by atoms with Gasteiger partial charge in [-0.25, -0.2) is 8.42 Å². The van der Waals surface area contributed by atoms with Gasteiger partial charge in [-0.2, -0.15) is 4.31 Å². The van der Waals surface area contributed by atoms with Gasteiger partial charge < -0.3 is 5.73 Å². The number of sulfonamides is 1. The Balaban J connectivity index is 3.28. The van der Waals surface area contributed by atoms with E-state index in [-0.39, 0.29) is 10.9 Å². The predicted octanol–water partition coefficient (Wildman–Crippen LogP) is 3.82. The van der Waals surface area contributed by atoms with E-state index < -0.39 is 10.0 Å². The van der Waals surface area contributed by atoms with Crippen molar-refractivity contribution < 1.29 is 8.42 Å². The maximum Gasteiger partial charge on any atom is 0.243 e. The number of halogens is 1. The first-order valence-electron chi connectivity index (χ1n) is 7.33. The molecule has 2 N–H and O–H groups in total. The van der Waals surface area contributed by atoms with Crippen molar-refractivity contribution in [2.75, 3.05) is 12.3 Å². The van der Waals surface area contributed by atoms with Crippen LogP contribution in [0.3, 0.4) is 0 Å². The molecule has 4 nitrogen and oxygen atoms in total. The molecule has 1 unspecified atom stereocenters. The van der Waals surface area contributed by atoms with Crippen LogP contribution in [0.5, 0.6) is 0 Å². The maximum atomic E-state index is 12.9. The summed E-state index contributed by atoms with van der Waals surface area (Å²) in [6.07, 6.45) is 2.56. The van der Waals surface area contributed by atoms with Gasteiger partial charge in [0.1, 0.15) is 0 Å². The van der Waals surface area contributed by atoms with Gasteiger partial charge in [0, 0.05) is 12.6 Å². The van der Waals surface area contributed by atoms with Crippen molar-refractivity contribution in [3.63, 3.8) is 0 Å². The van der Waals surface area contributed by atoms with Crippen LogP contribution in [0.2, 0.25) is 5.02 Å². The van der Waals surface area contributed by atoms with Gasteiger partial charge in [0.25, 0.3) is 0 Å². The summed E-state index contributed by atoms with van der Waals surface area (Å²) in [6.45, 7) is 8.25. The van der Waals surface area contributed by atoms with E-state index in [0.29, 0.717) is 22.8 Å². The lowest BCUT2D eigenvalue weighted by Gasteiger charge is -2.28. The molecule has 6 heteroatoms. The highest BCUT2D eigenvalue weighted by atomic mass is 35.5. The molecule has 1 atom stereocenters. The summed E-state index contributed by atoms with van der Waals surface area (Å²) in [4.78, 5) is 0.221. The topological polar surface area (TPSA) is 63.4 Å². The van der Waals surface area contributed by atoms with Gasteiger partial charge in [-0.05, 0) is 44.4 Å². The Labute approximate surface area is 133 Å². The maximum absolute atomic E-state index is 12.9. The van der Waals surface area contributed by atoms with Crippen LogP contribution in [0.1, 0.15) is 45.6 Å². The molecule has 1 aromatic carbocycles. The molecular formula is C15H25ClN2O2S. The van der Waals surface area contributed by atoms with Crippen LogP contribution in [-0.2, 0) is 10.0 Å². The summed E-state index contributed by atoms with van der Waals surface area (Å²) in [6, 6.07) is 3.00. The standard InChI is InChI=1S/C15H25ClN2O2S/c1-5-7-8-18(12(4)6-2)21(19,20)13-9-11(3)15(16)14(17)10-13/h9-10,12H,5-8,17H2,1-4H3. The smallest absolute Gasteiger partial charge is 0.243 e. The number of nitrogens with zero attached hydrogens (tertiary/aromatic N) is 1. The van der Waals surface area contributed by atoms with Crippen LogP contribution in [0.25, 0.3) is 0 Å². The van der Waals surface area contributed by atoms with E-state index in [1.54, 1.807) is 17.3 Å². The number of hydrogen-bond donors (Lipinski definition) is 1. The van der Waals surface area contributed by atoms with Crippen molar-refractivity contribution in [3.05, 3.63) is 22.7 Å². The molecule has 0 saturated carbocycles. The van der Waals surface area contributed by atoms with Crippen LogP contribution in [-0.4, -0.2) is 25.3 Å². The molecule has 0 heterocycles. The zero-order chi connectivity index (χ0) is 16.2. The lowest BCUT2D eigenvalue weighted by Crippen LogP contribution is -2.39. The fraction of sp³-hybridized carbons (Fsp3) is 0.600. The molecule has 0 aromatic heterocycles. The lowest BCUT2D eigenvalue weighted by molar-refractivity contribution is 0.324. The van der Waals surface area contributed by atoms with Crippen LogP contribution < -0.4 is 5.73 Å². The first-order valence-corrected chi connectivity index (χ1v) is 9.14. The Morgan fingerprint density at radius 1 is 1.33 bits per heavy atom. The third-order valence-electron chi connectivity index (χ3n) is 3.68. The average molecular weight is 333 g/mol. The van der Waals surface area contributed by atoms with Gasteiger partial charge in [-0.3, -0.25) is 0 Å². The van der Waals surface area contributed by atoms with E-state index in [4.69, 9.17) is 17.3 Å². The highest BCUT2D eigenvalue weighted by molar-refractivity contribution is 7.89. The second-order valence-corrected chi connectivity index (χ2v) is 7.64. The molecule has 0 aliphatic heterocycles. The van der Waals surface area contributed by atoms with E-state index in [2.05, 4.69) is 0 Å². The van der Waals surface area contributed by atoms with Crippen LogP contribution in [0.4, 0.5) is 5.69 Å². The van der Waals surface area contributed by atoms with E-state index in [0.717, 1.165) is 19.3 Å². The number of nitrogens with two attached hydrogens (primary N) is 1. The minimum Gasteiger partial charge on any atom is -0.397 e. The second kappa shape index (κ2) is 7.47. The second-order valence-electron chi connectivity index (χ2n) is 5.37. The Hall–Kier alpha value is -0.780. The number of aryl methyl sites for hydroxylation is 1. The Bertz CT molecular complexity index is 564. The number of anilines is 1. The lowest BCUT2D eigenvalue weighted by atomic mass is 10.2. The van der Waals surface area contributed by atoms with Crippen molar-refractivity contribution in [1.82, 2.24) is 4.31 Å². The van der Waals surface area contributed by atoms with Crippen LogP contribution >= 0.6 is 11.6 Å². The van der Waals surface area contributed by atoms with Crippen molar-refractivity contribution in [2.24, 2.45) is 0 Å². The fourth-order valence-electron chi connectivity index (χ4n) is 2.14. The molecule has 0 radical (unpaired) electrons. The minimum absolute atomic E-state index is 0.0428. The largest absolute Gasteiger partial charge is 0.397 e. The number of hydrogen-bond acceptors (Lipinski definition) is 3. The molecule has 0 amide bonds. The SMILES string of the molecule is CCCCN(C(C)CC)S(=O)(=O)c1cc(C)c(Cl)c(N)c1. The van der Waals surface area contributed by atoms with Gasteiger partial charge in [0.2, 0.25) is 10.0 Å². The van der Waals surface area contributed by atoms with Crippen molar-refractivity contribution in [1.29, 1.82) is 0 Å². The predicted molar refractivity (Wildman–Crippen MR) is 89.2 cm³/mol. The highest BCUT2D eigenvalue weighted by Crippen LogP contribution is 2.29. The highest BCUT2D eigenvalue weighted by Gasteiger charge is 2.28. The number of benzene rings is 1. The summed E-state index contributed by atoms with van der Waals surface area (Å²) in [5.41, 5.74) is 6.79. The van der Waals surface area contributed by atoms with E-state index >= 15 is 0 Å². The molecule has 0 spiro atoms. The fourth-order valence-corrected chi connectivity index (χ4v) is 4.12. The van der Waals surface area contributed by atoms with Gasteiger partial charge in [-0.1, -0.05) is 31.9 Å². The molecule has 0 aliphatic carbocycles. The molecule has 1 rings (SSSR count). The van der Waals surface area contributed by atoms with Crippen LogP contribution in [0, 0.1) is 6.92 Å². The molecule has 0 aliphatic rings. The summed E-state index contributed by atoms with van der Waals surface area (Å²) < 4.78 is 27.3. The molecule has 0 fully saturated rings. The Morgan fingerprint density at radius 3 is 2.43 bits per heavy atom. The molecular weight excluding hydrogens is 308 g/mol. The number of unbranched alkanes of at least 4 members (excludes halogenated alkanes) is 1. The quantitative estimate of drug-likeness (QED) is 0.772. The molecule has 0 bridgehead atoms. The van der Waals surface area contributed by atoms with Crippen molar-refractivity contribution >= 4 is 27.3 Å². The first kappa shape index (κ1) is 18.3. The number of rotatable bonds is 7. The first-order chi connectivity index (χ1) is 9.75. The summed E-state index contributed by atoms with van der Waals surface area (Å²) in [5.74, 6) is 0. The van der Waals surface area contributed by atoms with E-state index in [1.165, 1.54) is 6.07 Å². The normalized spacial score (nSPS) is 13.6. The third kappa shape index (κ3) is 4.11. The van der Waals surface area contributed by atoms with Gasteiger partial charge in [0.05, 0.1) is 15.6 Å². The van der Waals surface area contributed by atoms with Crippen molar-refractivity contribution in [2.45, 2.75) is 57.9 Å². The molecule has 120 valence electrons. The zero-order valence-electron chi connectivity index (χ0n) is 13.2. The van der Waals surface area contributed by atoms with Crippen LogP contribution in [0.15, 0.2) is 17.0 Å². The average Bonchev–Trinajstić information content (AvgIpc) is 2.43. The van der Waals surface area contributed by atoms with Crippen molar-refractivity contribution in [3.8, 4) is 0 Å². The van der Waals surface area contributed by atoms with E-state index in [1.807, 2.05) is 20.8 Å². The molecule has 21 heavy (non-hydrogen) atoms. The summed E-state index contributed by atoms with van der Waals surface area (Å²) in [5, 5.41) is 0.414. The Morgan fingerprint density at radius 2 is 1.95 bits per heavy atom. The molecule has 1 aromatic rings. The number of nitrogen functional groups attached to an aromatic ring is 1. The van der Waals surface area contributed by atoms with Gasteiger partial charge >= 0.3 is 0 Å².